The van der Waals surface area contributed by atoms with Crippen molar-refractivity contribution in [3.05, 3.63) is 81.3 Å². The fourth-order valence-electron chi connectivity index (χ4n) is 3.43. The summed E-state index contributed by atoms with van der Waals surface area (Å²) in [6.45, 7) is 0. The van der Waals surface area contributed by atoms with Gasteiger partial charge in [-0.05, 0) is 24.3 Å². The van der Waals surface area contributed by atoms with Crippen molar-refractivity contribution in [1.82, 2.24) is 19.9 Å². The van der Waals surface area contributed by atoms with Gasteiger partial charge in [0.1, 0.15) is 5.82 Å². The zero-order chi connectivity index (χ0) is 22.2. The van der Waals surface area contributed by atoms with Crippen LogP contribution >= 0.6 is 23.2 Å². The molecule has 3 aromatic rings. The van der Waals surface area contributed by atoms with Crippen LogP contribution in [0.25, 0.3) is 33.7 Å². The fraction of sp³-hybridized carbons (Fsp3) is 0. The highest BCUT2D eigenvalue weighted by atomic mass is 35.5. The fourth-order valence-corrected chi connectivity index (χ4v) is 3.89. The predicted octanol–water partition coefficient (Wildman–Crippen LogP) is 5.37. The first-order chi connectivity index (χ1) is 15.5. The Morgan fingerprint density at radius 3 is 2.53 bits per heavy atom. The van der Waals surface area contributed by atoms with Gasteiger partial charge in [0, 0.05) is 29.3 Å². The van der Waals surface area contributed by atoms with Crippen molar-refractivity contribution in [3.8, 4) is 22.6 Å². The van der Waals surface area contributed by atoms with Gasteiger partial charge in [0.2, 0.25) is 0 Å². The van der Waals surface area contributed by atoms with Crippen LogP contribution in [0.3, 0.4) is 0 Å². The summed E-state index contributed by atoms with van der Waals surface area (Å²) in [5, 5.41) is 5.78. The number of hydrogen-bond donors (Lipinski definition) is 4. The lowest BCUT2D eigenvalue weighted by atomic mass is 10.1. The Morgan fingerprint density at radius 2 is 1.72 bits per heavy atom. The maximum atomic E-state index is 12.6. The van der Waals surface area contributed by atoms with Gasteiger partial charge in [0.05, 0.1) is 32.3 Å². The summed E-state index contributed by atoms with van der Waals surface area (Å²) in [4.78, 5) is 39.4. The number of hydrogen-bond acceptors (Lipinski definition) is 4. The molecule has 3 heterocycles. The number of fused-ring (bicyclic) bond motifs is 2. The van der Waals surface area contributed by atoms with Gasteiger partial charge in [-0.25, -0.2) is 9.78 Å². The average Bonchev–Trinajstić information content (AvgIpc) is 3.22. The molecule has 8 nitrogen and oxygen atoms in total. The van der Waals surface area contributed by atoms with E-state index in [0.717, 1.165) is 11.3 Å². The van der Waals surface area contributed by atoms with Gasteiger partial charge < -0.3 is 20.6 Å². The first-order valence-electron chi connectivity index (χ1n) is 9.48. The van der Waals surface area contributed by atoms with Gasteiger partial charge in [-0.2, -0.15) is 0 Å². The third kappa shape index (κ3) is 3.66. The molecule has 0 unspecified atom stereocenters. The Morgan fingerprint density at radius 1 is 0.938 bits per heavy atom. The molecule has 1 aliphatic carbocycles. The quantitative estimate of drug-likeness (QED) is 0.287. The lowest BCUT2D eigenvalue weighted by Gasteiger charge is -2.10. The molecule has 0 radical (unpaired) electrons. The van der Waals surface area contributed by atoms with Crippen molar-refractivity contribution in [2.24, 2.45) is 0 Å². The summed E-state index contributed by atoms with van der Waals surface area (Å²) >= 11 is 12.1. The zero-order valence-electron chi connectivity index (χ0n) is 16.2. The van der Waals surface area contributed by atoms with Crippen LogP contribution in [0.15, 0.2) is 65.7 Å². The molecule has 2 amide bonds. The Bertz CT molecular complexity index is 1490. The van der Waals surface area contributed by atoms with Gasteiger partial charge in [0.25, 0.3) is 5.56 Å². The number of H-pyrrole nitrogens is 2. The topological polar surface area (TPSA) is 116 Å². The number of anilines is 2. The number of nitrogens with one attached hydrogen (secondary N) is 4. The number of nitrogens with zero attached hydrogens (tertiary/aromatic N) is 2. The smallest absolute Gasteiger partial charge is 0.323 e. The maximum Gasteiger partial charge on any atom is 0.323 e. The molecule has 0 saturated carbocycles. The maximum absolute atomic E-state index is 12.6. The molecule has 0 saturated heterocycles. The van der Waals surface area contributed by atoms with Crippen molar-refractivity contribution < 1.29 is 4.79 Å². The molecular formula is C22H14Cl2N6O2. The number of rotatable bonds is 3. The van der Waals surface area contributed by atoms with Gasteiger partial charge in [-0.1, -0.05) is 47.5 Å². The van der Waals surface area contributed by atoms with Crippen LogP contribution in [0.2, 0.25) is 10.0 Å². The SMILES string of the molecule is O=C(Nc1ccc2nc(-c3c4cccccc-4[nH]c3=O)[nH]c2c1)Nc1c(Cl)cncc1Cl. The molecule has 2 aromatic heterocycles. The molecule has 32 heavy (non-hydrogen) atoms. The van der Waals surface area contributed by atoms with E-state index in [1.54, 1.807) is 18.2 Å². The Balaban J connectivity index is 1.44. The zero-order valence-corrected chi connectivity index (χ0v) is 17.8. The van der Waals surface area contributed by atoms with Crippen LogP contribution < -0.4 is 16.2 Å². The standard InChI is InChI=1S/C22H14Cl2N6O2/c23-13-9-25-10-14(24)19(13)30-22(32)26-11-6-7-16-17(8-11)28-20(27-16)18-12-4-2-1-3-5-15(12)29-21(18)31/h1-10H,(H,27,28)(H,29,31)(H2,25,26,30,32). The van der Waals surface area contributed by atoms with E-state index in [1.807, 2.05) is 30.3 Å². The van der Waals surface area contributed by atoms with E-state index in [4.69, 9.17) is 23.2 Å². The molecular weight excluding hydrogens is 451 g/mol. The molecule has 2 aliphatic rings. The Hall–Kier alpha value is -3.88. The molecule has 0 fully saturated rings. The van der Waals surface area contributed by atoms with Gasteiger partial charge >= 0.3 is 6.03 Å². The third-order valence-corrected chi connectivity index (χ3v) is 5.42. The van der Waals surface area contributed by atoms with Gasteiger partial charge in [-0.15, -0.1) is 0 Å². The number of carbonyl (C=O) groups excluding carboxylic acids is 1. The summed E-state index contributed by atoms with van der Waals surface area (Å²) in [7, 11) is 0. The Kier molecular flexibility index (Phi) is 5.01. The van der Waals surface area contributed by atoms with Crippen LogP contribution in [-0.2, 0) is 0 Å². The Labute approximate surface area is 191 Å². The number of imidazole rings is 1. The van der Waals surface area contributed by atoms with E-state index in [2.05, 4.69) is 30.6 Å². The minimum atomic E-state index is -0.523. The lowest BCUT2D eigenvalue weighted by molar-refractivity contribution is 0.262. The van der Waals surface area contributed by atoms with E-state index in [0.29, 0.717) is 28.1 Å². The molecule has 0 atom stereocenters. The molecule has 0 spiro atoms. The number of benzene rings is 1. The minimum absolute atomic E-state index is 0.224. The first-order valence-corrected chi connectivity index (χ1v) is 10.2. The van der Waals surface area contributed by atoms with E-state index in [-0.39, 0.29) is 21.3 Å². The molecule has 10 heteroatoms. The number of aromatic nitrogens is 4. The molecule has 5 rings (SSSR count). The number of carbonyl (C=O) groups is 1. The second-order valence-corrected chi connectivity index (χ2v) is 7.76. The second kappa shape index (κ2) is 7.99. The van der Waals surface area contributed by atoms with E-state index >= 15 is 0 Å². The van der Waals surface area contributed by atoms with E-state index < -0.39 is 6.03 Å². The van der Waals surface area contributed by atoms with Gasteiger partial charge in [0.15, 0.2) is 0 Å². The van der Waals surface area contributed by atoms with Crippen molar-refractivity contribution >= 4 is 51.6 Å². The van der Waals surface area contributed by atoms with Gasteiger partial charge in [-0.3, -0.25) is 9.78 Å². The number of urea groups is 1. The molecule has 158 valence electrons. The van der Waals surface area contributed by atoms with E-state index in [9.17, 15) is 9.59 Å². The summed E-state index contributed by atoms with van der Waals surface area (Å²) in [6.07, 6.45) is 2.77. The van der Waals surface area contributed by atoms with Crippen molar-refractivity contribution in [1.29, 1.82) is 0 Å². The van der Waals surface area contributed by atoms with Crippen molar-refractivity contribution in [2.45, 2.75) is 0 Å². The average molecular weight is 465 g/mol. The summed E-state index contributed by atoms with van der Waals surface area (Å²) < 4.78 is 0. The minimum Gasteiger partial charge on any atom is -0.338 e. The number of amides is 2. The van der Waals surface area contributed by atoms with Crippen LogP contribution in [0.5, 0.6) is 0 Å². The third-order valence-electron chi connectivity index (χ3n) is 4.85. The number of aromatic amines is 2. The number of pyridine rings is 1. The van der Waals surface area contributed by atoms with Crippen molar-refractivity contribution in [2.75, 3.05) is 10.6 Å². The summed E-state index contributed by atoms with van der Waals surface area (Å²) in [6, 6.07) is 14.0. The monoisotopic (exact) mass is 464 g/mol. The highest BCUT2D eigenvalue weighted by molar-refractivity contribution is 6.39. The normalized spacial score (nSPS) is 11.1. The second-order valence-electron chi connectivity index (χ2n) is 6.94. The largest absolute Gasteiger partial charge is 0.338 e. The van der Waals surface area contributed by atoms with Crippen LogP contribution in [-0.4, -0.2) is 26.0 Å². The molecule has 4 N–H and O–H groups in total. The van der Waals surface area contributed by atoms with Crippen LogP contribution in [0.1, 0.15) is 0 Å². The summed E-state index contributed by atoms with van der Waals surface area (Å²) in [5.41, 5.74) is 3.81. The first kappa shape index (κ1) is 20.0. The van der Waals surface area contributed by atoms with Crippen LogP contribution in [0, 0.1) is 0 Å². The lowest BCUT2D eigenvalue weighted by Crippen LogP contribution is -2.19. The van der Waals surface area contributed by atoms with Crippen molar-refractivity contribution in [3.63, 3.8) is 0 Å². The van der Waals surface area contributed by atoms with Crippen LogP contribution in [0.4, 0.5) is 16.2 Å². The molecule has 0 bridgehead atoms. The molecule has 1 aromatic carbocycles. The summed E-state index contributed by atoms with van der Waals surface area (Å²) in [5.74, 6) is 0.444. The molecule has 1 aliphatic heterocycles. The number of halogens is 2. The highest BCUT2D eigenvalue weighted by Gasteiger charge is 2.19. The predicted molar refractivity (Wildman–Crippen MR) is 126 cm³/mol. The highest BCUT2D eigenvalue weighted by Crippen LogP contribution is 2.30. The van der Waals surface area contributed by atoms with E-state index in [1.165, 1.54) is 12.4 Å².